The molecule has 2 saturated heterocycles. The number of hydrogen-bond acceptors (Lipinski definition) is 15. The molecule has 1 saturated carbocycles. The number of H-pyrrole nitrogens is 1. The van der Waals surface area contributed by atoms with Crippen molar-refractivity contribution in [2.24, 2.45) is 5.92 Å². The number of ether oxygens (including phenoxy) is 1. The van der Waals surface area contributed by atoms with Gasteiger partial charge < -0.3 is 40.6 Å². The largest absolute Gasteiger partial charge is 0.491 e. The van der Waals surface area contributed by atoms with Crippen LogP contribution in [0.25, 0.3) is 10.9 Å². The van der Waals surface area contributed by atoms with Gasteiger partial charge in [-0.3, -0.25) is 28.6 Å². The molecule has 1 aromatic carbocycles. The predicted molar refractivity (Wildman–Crippen MR) is 248 cm³/mol. The standard InChI is InChI=1S/C45H63N13O6S/c1-27-28(2)54-55-39(27)53-40-34-20-37(65(63)45(4,5)6)36(21-35(34)49-26-50-40)64-18-17-56-13-15-57(16-14-56)44-47-22-31(23-48-44)42(61)51-32-19-33(25-59)58(24-32)43(62)38(30-11-9-8-10-12-30)52-41(60)29(3)46-7/h20-23,25-26,29-30,32-33,38,46H,8-19,24H2,1-7H3,(H,51,61)(H,52,60)(H2,49,50,53,54,55)/t29-,32?,33?,38?,65?/m0/s1. The second-order valence-corrected chi connectivity index (χ2v) is 20.5. The third kappa shape index (κ3) is 11.1. The summed E-state index contributed by atoms with van der Waals surface area (Å²) < 4.78 is 19.7. The molecule has 350 valence electrons. The molecule has 3 fully saturated rings. The van der Waals surface area contributed by atoms with Crippen LogP contribution in [0.3, 0.4) is 0 Å². The third-order valence-electron chi connectivity index (χ3n) is 12.8. The van der Waals surface area contributed by atoms with E-state index in [2.05, 4.69) is 61.2 Å². The van der Waals surface area contributed by atoms with Crippen molar-refractivity contribution in [2.75, 3.05) is 63.1 Å². The van der Waals surface area contributed by atoms with Crippen molar-refractivity contribution in [1.82, 2.24) is 55.9 Å². The lowest BCUT2D eigenvalue weighted by atomic mass is 9.83. The quantitative estimate of drug-likeness (QED) is 0.102. The maximum atomic E-state index is 14.0. The number of aryl methyl sites for hydroxylation is 1. The molecular formula is C45H63N13O6S. The summed E-state index contributed by atoms with van der Waals surface area (Å²) in [6.07, 6.45) is 10.2. The number of nitrogens with one attached hydrogen (secondary N) is 5. The number of benzene rings is 1. The van der Waals surface area contributed by atoms with Gasteiger partial charge in [0.05, 0.1) is 38.9 Å². The fourth-order valence-corrected chi connectivity index (χ4v) is 9.77. The number of piperazine rings is 1. The second kappa shape index (κ2) is 20.7. The van der Waals surface area contributed by atoms with Crippen LogP contribution >= 0.6 is 0 Å². The van der Waals surface area contributed by atoms with E-state index in [1.54, 1.807) is 14.0 Å². The topological polar surface area (TPSA) is 233 Å². The van der Waals surface area contributed by atoms with Crippen LogP contribution in [-0.4, -0.2) is 150 Å². The number of hydrogen-bond donors (Lipinski definition) is 5. The van der Waals surface area contributed by atoms with Gasteiger partial charge in [-0.25, -0.2) is 19.9 Å². The highest BCUT2D eigenvalue weighted by Crippen LogP contribution is 2.36. The van der Waals surface area contributed by atoms with E-state index < -0.39 is 45.6 Å². The van der Waals surface area contributed by atoms with E-state index in [0.29, 0.717) is 65.4 Å². The first-order chi connectivity index (χ1) is 31.1. The fourth-order valence-electron chi connectivity index (χ4n) is 8.59. The molecule has 4 unspecified atom stereocenters. The molecule has 20 heteroatoms. The van der Waals surface area contributed by atoms with Crippen LogP contribution in [-0.2, 0) is 25.2 Å². The van der Waals surface area contributed by atoms with Gasteiger partial charge >= 0.3 is 0 Å². The Kier molecular flexibility index (Phi) is 15.1. The number of rotatable bonds is 16. The number of amides is 3. The number of anilines is 3. The number of aromatic amines is 1. The Morgan fingerprint density at radius 2 is 1.72 bits per heavy atom. The van der Waals surface area contributed by atoms with Gasteiger partial charge in [-0.15, -0.1) is 0 Å². The molecule has 3 amide bonds. The molecule has 3 aliphatic rings. The van der Waals surface area contributed by atoms with Crippen molar-refractivity contribution in [3.63, 3.8) is 0 Å². The average molecular weight is 914 g/mol. The lowest BCUT2D eigenvalue weighted by molar-refractivity contribution is -0.140. The number of nitrogens with zero attached hydrogens (tertiary/aromatic N) is 8. The lowest BCUT2D eigenvalue weighted by Gasteiger charge is -2.34. The number of carbonyl (C=O) groups is 4. The molecule has 0 bridgehead atoms. The van der Waals surface area contributed by atoms with Gasteiger partial charge in [-0.05, 0) is 79.8 Å². The van der Waals surface area contributed by atoms with Gasteiger partial charge in [0.15, 0.2) is 5.82 Å². The van der Waals surface area contributed by atoms with Crippen LogP contribution in [0.5, 0.6) is 5.75 Å². The summed E-state index contributed by atoms with van der Waals surface area (Å²) in [5.41, 5.74) is 2.85. The Balaban J connectivity index is 0.919. The minimum Gasteiger partial charge on any atom is -0.491 e. The second-order valence-electron chi connectivity index (χ2n) is 18.3. The first-order valence-electron chi connectivity index (χ1n) is 22.6. The molecule has 0 spiro atoms. The normalized spacial score (nSPS) is 20.0. The van der Waals surface area contributed by atoms with Gasteiger partial charge in [0.1, 0.15) is 36.8 Å². The molecule has 5 atom stereocenters. The number of aldehydes is 1. The summed E-state index contributed by atoms with van der Waals surface area (Å²) in [7, 11) is 0.286. The highest BCUT2D eigenvalue weighted by atomic mass is 32.2. The Hall–Kier alpha value is -5.60. The smallest absolute Gasteiger partial charge is 0.254 e. The minimum atomic E-state index is -1.40. The third-order valence-corrected chi connectivity index (χ3v) is 14.6. The Labute approximate surface area is 382 Å². The van der Waals surface area contributed by atoms with Crippen molar-refractivity contribution < 1.29 is 28.1 Å². The van der Waals surface area contributed by atoms with E-state index in [0.717, 1.165) is 62.7 Å². The van der Waals surface area contributed by atoms with E-state index in [1.807, 2.05) is 46.8 Å². The summed E-state index contributed by atoms with van der Waals surface area (Å²) in [6, 6.07) is 1.29. The van der Waals surface area contributed by atoms with E-state index in [4.69, 9.17) is 4.74 Å². The number of likely N-dealkylation sites (N-methyl/N-ethyl adjacent to an activating group) is 1. The average Bonchev–Trinajstić information content (AvgIpc) is 3.87. The first kappa shape index (κ1) is 47.4. The van der Waals surface area contributed by atoms with Gasteiger partial charge in [-0.1, -0.05) is 19.3 Å². The van der Waals surface area contributed by atoms with E-state index in [9.17, 15) is 23.4 Å². The summed E-state index contributed by atoms with van der Waals surface area (Å²) in [6.45, 7) is 15.4. The van der Waals surface area contributed by atoms with Crippen molar-refractivity contribution in [1.29, 1.82) is 0 Å². The Morgan fingerprint density at radius 1 is 1.00 bits per heavy atom. The predicted octanol–water partition coefficient (Wildman–Crippen LogP) is 3.18. The van der Waals surface area contributed by atoms with Crippen molar-refractivity contribution in [3.8, 4) is 5.75 Å². The van der Waals surface area contributed by atoms with E-state index in [1.165, 1.54) is 23.6 Å². The fraction of sp³-hybridized carbons (Fsp3) is 0.578. The molecule has 7 rings (SSSR count). The van der Waals surface area contributed by atoms with Crippen LogP contribution in [0.1, 0.15) is 87.8 Å². The molecule has 0 radical (unpaired) electrons. The number of likely N-dealkylation sites (tertiary alicyclic amines) is 1. The molecule has 65 heavy (non-hydrogen) atoms. The van der Waals surface area contributed by atoms with Crippen LogP contribution in [0.15, 0.2) is 35.7 Å². The lowest BCUT2D eigenvalue weighted by Crippen LogP contribution is -2.57. The summed E-state index contributed by atoms with van der Waals surface area (Å²) in [5, 5.41) is 20.2. The number of aromatic nitrogens is 6. The summed E-state index contributed by atoms with van der Waals surface area (Å²) in [5.74, 6) is 1.29. The molecule has 1 aliphatic carbocycles. The van der Waals surface area contributed by atoms with Gasteiger partial charge in [0.25, 0.3) is 5.91 Å². The Morgan fingerprint density at radius 3 is 2.37 bits per heavy atom. The van der Waals surface area contributed by atoms with Crippen LogP contribution < -0.4 is 30.9 Å². The zero-order valence-corrected chi connectivity index (χ0v) is 39.3. The van der Waals surface area contributed by atoms with E-state index >= 15 is 0 Å². The molecular weight excluding hydrogens is 851 g/mol. The zero-order chi connectivity index (χ0) is 46.4. The number of carbonyl (C=O) groups excluding carboxylic acids is 4. The zero-order valence-electron chi connectivity index (χ0n) is 38.5. The molecule has 5 heterocycles. The van der Waals surface area contributed by atoms with Crippen LogP contribution in [0.2, 0.25) is 0 Å². The Bertz CT molecular complexity index is 2360. The highest BCUT2D eigenvalue weighted by molar-refractivity contribution is 7.86. The van der Waals surface area contributed by atoms with E-state index in [-0.39, 0.29) is 36.3 Å². The molecule has 19 nitrogen and oxygen atoms in total. The number of fused-ring (bicyclic) bond motifs is 1. The molecule has 5 N–H and O–H groups in total. The molecule has 2 aliphatic heterocycles. The summed E-state index contributed by atoms with van der Waals surface area (Å²) in [4.78, 5) is 77.0. The minimum absolute atomic E-state index is 0.0164. The van der Waals surface area contributed by atoms with Gasteiger partial charge in [0, 0.05) is 85.2 Å². The monoisotopic (exact) mass is 913 g/mol. The first-order valence-corrected chi connectivity index (χ1v) is 23.8. The van der Waals surface area contributed by atoms with Crippen molar-refractivity contribution >= 4 is 63.3 Å². The summed E-state index contributed by atoms with van der Waals surface area (Å²) >= 11 is 0. The van der Waals surface area contributed by atoms with Crippen LogP contribution in [0, 0.1) is 19.8 Å². The van der Waals surface area contributed by atoms with Crippen molar-refractivity contribution in [2.45, 2.75) is 114 Å². The van der Waals surface area contributed by atoms with Gasteiger partial charge in [-0.2, -0.15) is 5.10 Å². The maximum Gasteiger partial charge on any atom is 0.254 e. The van der Waals surface area contributed by atoms with Crippen LogP contribution in [0.4, 0.5) is 17.6 Å². The highest BCUT2D eigenvalue weighted by Gasteiger charge is 2.42. The molecule has 3 aromatic heterocycles. The SMILES string of the molecule is CN[C@@H](C)C(=O)NC(C(=O)N1CC(NC(=O)c2cnc(N3CCN(CCOc4cc5ncnc(Nc6n[nH]c(C)c6C)c5cc4S(=O)C(C)(C)C)CC3)nc2)CC1C=O)C1CCCCC1. The molecule has 4 aromatic rings. The van der Waals surface area contributed by atoms with Gasteiger partial charge in [0.2, 0.25) is 17.8 Å². The maximum absolute atomic E-state index is 14.0. The van der Waals surface area contributed by atoms with Crippen molar-refractivity contribution in [3.05, 3.63) is 47.7 Å².